The van der Waals surface area contributed by atoms with Gasteiger partial charge in [-0.15, -0.1) is 0 Å². The number of urea groups is 1. The van der Waals surface area contributed by atoms with Crippen LogP contribution < -0.4 is 4.90 Å². The van der Waals surface area contributed by atoms with Crippen LogP contribution >= 0.6 is 11.8 Å². The average Bonchev–Trinajstić information content (AvgIpc) is 2.68. The summed E-state index contributed by atoms with van der Waals surface area (Å²) in [5.74, 6) is 0.389. The molecule has 1 aromatic rings. The first-order chi connectivity index (χ1) is 12.8. The van der Waals surface area contributed by atoms with Crippen LogP contribution in [-0.4, -0.2) is 71.3 Å². The van der Waals surface area contributed by atoms with Gasteiger partial charge in [0, 0.05) is 62.1 Å². The smallest absolute Gasteiger partial charge is 0.333 e. The Morgan fingerprint density at radius 2 is 1.67 bits per heavy atom. The highest BCUT2D eigenvalue weighted by Gasteiger charge is 2.38. The van der Waals surface area contributed by atoms with Crippen molar-refractivity contribution in [3.63, 3.8) is 0 Å². The van der Waals surface area contributed by atoms with E-state index in [1.165, 1.54) is 32.3 Å². The number of hydrogen-bond donors (Lipinski definition) is 0. The lowest BCUT2D eigenvalue weighted by molar-refractivity contribution is -0.384. The van der Waals surface area contributed by atoms with E-state index in [-0.39, 0.29) is 11.3 Å². The van der Waals surface area contributed by atoms with E-state index in [2.05, 4.69) is 4.90 Å². The van der Waals surface area contributed by atoms with Gasteiger partial charge in [0.05, 0.1) is 4.92 Å². The van der Waals surface area contributed by atoms with E-state index in [1.54, 1.807) is 6.07 Å². The lowest BCUT2D eigenvalue weighted by Gasteiger charge is -2.31. The van der Waals surface area contributed by atoms with E-state index >= 15 is 0 Å². The van der Waals surface area contributed by atoms with E-state index in [4.69, 9.17) is 0 Å². The summed E-state index contributed by atoms with van der Waals surface area (Å²) in [6, 6.07) is 3.68. The number of likely N-dealkylation sites (N-methyl/N-ethyl adjacent to an activating group) is 2. The number of imide groups is 2. The molecule has 10 heteroatoms. The minimum Gasteiger partial charge on any atom is -0.369 e. The summed E-state index contributed by atoms with van der Waals surface area (Å²) in [5, 5.41) is 11.2. The highest BCUT2D eigenvalue weighted by atomic mass is 32.2. The van der Waals surface area contributed by atoms with Crippen LogP contribution in [0.15, 0.2) is 23.8 Å². The van der Waals surface area contributed by atoms with E-state index in [1.807, 2.05) is 11.8 Å². The molecule has 0 spiro atoms. The molecular formula is C17H18N4O5S. The van der Waals surface area contributed by atoms with E-state index in [0.29, 0.717) is 5.56 Å². The van der Waals surface area contributed by atoms with Crippen molar-refractivity contribution in [2.75, 3.05) is 43.6 Å². The van der Waals surface area contributed by atoms with Crippen LogP contribution in [0.1, 0.15) is 5.56 Å². The minimum atomic E-state index is -0.727. The molecule has 142 valence electrons. The molecule has 1 aromatic carbocycles. The maximum atomic E-state index is 12.4. The fourth-order valence-corrected chi connectivity index (χ4v) is 3.90. The number of nitro groups is 1. The molecule has 2 fully saturated rings. The van der Waals surface area contributed by atoms with Crippen molar-refractivity contribution < 1.29 is 19.3 Å². The quantitative estimate of drug-likeness (QED) is 0.334. The van der Waals surface area contributed by atoms with Crippen LogP contribution in [0.2, 0.25) is 0 Å². The number of hydrogen-bond acceptors (Lipinski definition) is 7. The number of thioether (sulfide) groups is 1. The largest absolute Gasteiger partial charge is 0.369 e. The van der Waals surface area contributed by atoms with E-state index < -0.39 is 22.8 Å². The Morgan fingerprint density at radius 3 is 2.22 bits per heavy atom. The Labute approximate surface area is 159 Å². The van der Waals surface area contributed by atoms with Crippen molar-refractivity contribution in [2.24, 2.45) is 0 Å². The monoisotopic (exact) mass is 390 g/mol. The zero-order valence-electron chi connectivity index (χ0n) is 14.9. The average molecular weight is 390 g/mol. The molecule has 4 amide bonds. The van der Waals surface area contributed by atoms with E-state index in [0.717, 1.165) is 40.1 Å². The van der Waals surface area contributed by atoms with Gasteiger partial charge in [-0.1, -0.05) is 0 Å². The molecule has 0 bridgehead atoms. The third-order valence-electron chi connectivity index (χ3n) is 4.52. The highest BCUT2D eigenvalue weighted by Crippen LogP contribution is 2.30. The number of nitro benzene ring substituents is 1. The number of non-ortho nitro benzene ring substituents is 1. The zero-order chi connectivity index (χ0) is 19.7. The summed E-state index contributed by atoms with van der Waals surface area (Å²) in [7, 11) is 2.58. The first-order valence-corrected chi connectivity index (χ1v) is 9.39. The molecule has 0 atom stereocenters. The molecule has 0 radical (unpaired) electrons. The second-order valence-corrected chi connectivity index (χ2v) is 7.39. The van der Waals surface area contributed by atoms with Gasteiger partial charge in [-0.3, -0.25) is 29.5 Å². The second kappa shape index (κ2) is 7.39. The van der Waals surface area contributed by atoms with Crippen molar-refractivity contribution in [3.8, 4) is 0 Å². The fourth-order valence-electron chi connectivity index (χ4n) is 2.99. The summed E-state index contributed by atoms with van der Waals surface area (Å²) in [6.45, 7) is 1.53. The molecule has 2 saturated heterocycles. The number of rotatable bonds is 3. The Kier molecular flexibility index (Phi) is 5.17. The Bertz CT molecular complexity index is 837. The Morgan fingerprint density at radius 1 is 1.07 bits per heavy atom. The van der Waals surface area contributed by atoms with Crippen LogP contribution in [0.5, 0.6) is 0 Å². The molecule has 0 unspecified atom stereocenters. The number of barbiturate groups is 1. The predicted molar refractivity (Wildman–Crippen MR) is 102 cm³/mol. The summed E-state index contributed by atoms with van der Waals surface area (Å²) < 4.78 is 0. The molecule has 3 rings (SSSR count). The van der Waals surface area contributed by atoms with Gasteiger partial charge in [-0.2, -0.15) is 11.8 Å². The van der Waals surface area contributed by atoms with Crippen molar-refractivity contribution in [3.05, 3.63) is 39.4 Å². The molecule has 2 aliphatic heterocycles. The van der Waals surface area contributed by atoms with Gasteiger partial charge < -0.3 is 4.90 Å². The standard InChI is InChI=1S/C17H18N4O5S/c1-18-15(22)13(16(23)19(2)17(18)24)10-11-9-12(21(25)26)3-4-14(11)20-5-7-27-8-6-20/h3-4,9-10H,5-8H2,1-2H3. The molecule has 9 nitrogen and oxygen atoms in total. The van der Waals surface area contributed by atoms with Gasteiger partial charge in [-0.25, -0.2) is 4.79 Å². The molecule has 2 aliphatic rings. The van der Waals surface area contributed by atoms with Crippen molar-refractivity contribution in [2.45, 2.75) is 0 Å². The fraction of sp³-hybridized carbons (Fsp3) is 0.353. The lowest BCUT2D eigenvalue weighted by atomic mass is 10.0. The second-order valence-electron chi connectivity index (χ2n) is 6.17. The van der Waals surface area contributed by atoms with Crippen LogP contribution in [0, 0.1) is 10.1 Å². The SMILES string of the molecule is CN1C(=O)C(=Cc2cc([N+](=O)[O-])ccc2N2CCSCC2)C(=O)N(C)C1=O. The Balaban J connectivity index is 2.10. The predicted octanol–water partition coefficient (Wildman–Crippen LogP) is 1.58. The summed E-state index contributed by atoms with van der Waals surface area (Å²) >= 11 is 1.82. The van der Waals surface area contributed by atoms with E-state index in [9.17, 15) is 24.5 Å². The van der Waals surface area contributed by atoms with Gasteiger partial charge in [0.25, 0.3) is 17.5 Å². The zero-order valence-corrected chi connectivity index (χ0v) is 15.7. The number of carbonyl (C=O) groups excluding carboxylic acids is 3. The van der Waals surface area contributed by atoms with Gasteiger partial charge in [0.1, 0.15) is 5.57 Å². The summed E-state index contributed by atoms with van der Waals surface area (Å²) in [4.78, 5) is 51.2. The maximum Gasteiger partial charge on any atom is 0.333 e. The van der Waals surface area contributed by atoms with Crippen LogP contribution in [0.4, 0.5) is 16.2 Å². The first-order valence-electron chi connectivity index (χ1n) is 8.24. The Hall–Kier alpha value is -2.88. The van der Waals surface area contributed by atoms with Gasteiger partial charge in [0.15, 0.2) is 0 Å². The summed E-state index contributed by atoms with van der Waals surface area (Å²) in [6.07, 6.45) is 1.34. The highest BCUT2D eigenvalue weighted by molar-refractivity contribution is 7.99. The summed E-state index contributed by atoms with van der Waals surface area (Å²) in [5.41, 5.74) is 0.790. The molecule has 27 heavy (non-hydrogen) atoms. The molecule has 0 N–H and O–H groups in total. The van der Waals surface area contributed by atoms with Crippen molar-refractivity contribution in [1.82, 2.24) is 9.80 Å². The molecule has 2 heterocycles. The van der Waals surface area contributed by atoms with Crippen molar-refractivity contribution >= 4 is 47.1 Å². The minimum absolute atomic E-state index is 0.134. The van der Waals surface area contributed by atoms with Gasteiger partial charge in [-0.05, 0) is 12.1 Å². The molecular weight excluding hydrogens is 372 g/mol. The number of anilines is 1. The van der Waals surface area contributed by atoms with Crippen molar-refractivity contribution in [1.29, 1.82) is 0 Å². The van der Waals surface area contributed by atoms with Crippen LogP contribution in [0.25, 0.3) is 6.08 Å². The lowest BCUT2D eigenvalue weighted by Crippen LogP contribution is -2.52. The third-order valence-corrected chi connectivity index (χ3v) is 5.46. The van der Waals surface area contributed by atoms with Crippen LogP contribution in [-0.2, 0) is 9.59 Å². The molecule has 0 aromatic heterocycles. The number of amides is 4. The molecule has 0 aliphatic carbocycles. The number of benzene rings is 1. The molecule has 0 saturated carbocycles. The van der Waals surface area contributed by atoms with Crippen LogP contribution in [0.3, 0.4) is 0 Å². The first kappa shape index (κ1) is 18.9. The van der Waals surface area contributed by atoms with Gasteiger partial charge in [0.2, 0.25) is 0 Å². The number of carbonyl (C=O) groups is 3. The topological polar surface area (TPSA) is 104 Å². The van der Waals surface area contributed by atoms with Gasteiger partial charge >= 0.3 is 6.03 Å². The maximum absolute atomic E-state index is 12.4. The third kappa shape index (κ3) is 3.52. The normalized spacial score (nSPS) is 18.2. The number of nitrogens with zero attached hydrogens (tertiary/aromatic N) is 4.